The first-order chi connectivity index (χ1) is 15.0. The van der Waals surface area contributed by atoms with Gasteiger partial charge in [-0.3, -0.25) is 19.2 Å². The Kier molecular flexibility index (Phi) is 11.0. The number of rotatable bonds is 13. The monoisotopic (exact) mass is 458 g/mol. The van der Waals surface area contributed by atoms with Crippen molar-refractivity contribution in [1.82, 2.24) is 15.5 Å². The molecule has 0 aromatic heterocycles. The number of aliphatic hydroxyl groups excluding tert-OH is 1. The number of amides is 4. The summed E-state index contributed by atoms with van der Waals surface area (Å²) in [5, 5.41) is 24.1. The molecule has 5 atom stereocenters. The summed E-state index contributed by atoms with van der Waals surface area (Å²) < 4.78 is 0. The third-order valence-corrected chi connectivity index (χ3v) is 5.20. The molecule has 1 fully saturated rings. The lowest BCUT2D eigenvalue weighted by molar-refractivity contribution is -0.149. The highest BCUT2D eigenvalue weighted by Crippen LogP contribution is 2.20. The van der Waals surface area contributed by atoms with E-state index in [-0.39, 0.29) is 13.0 Å². The quantitative estimate of drug-likeness (QED) is 0.137. The minimum Gasteiger partial charge on any atom is -0.480 e. The van der Waals surface area contributed by atoms with Crippen molar-refractivity contribution in [3.8, 4) is 0 Å². The van der Waals surface area contributed by atoms with E-state index < -0.39 is 66.3 Å². The molecule has 1 saturated heterocycles. The first kappa shape index (κ1) is 27.3. The molecule has 10 N–H and O–H groups in total. The minimum atomic E-state index is -1.46. The Morgan fingerprint density at radius 2 is 1.78 bits per heavy atom. The fourth-order valence-electron chi connectivity index (χ4n) is 3.47. The molecule has 0 aromatic rings. The number of likely N-dealkylation sites (tertiary alicyclic amines) is 1. The predicted octanol–water partition coefficient (Wildman–Crippen LogP) is -3.26. The Labute approximate surface area is 186 Å². The summed E-state index contributed by atoms with van der Waals surface area (Å²) in [5.41, 5.74) is 16.1. The lowest BCUT2D eigenvalue weighted by atomic mass is 10.0. The molecular weight excluding hydrogens is 424 g/mol. The van der Waals surface area contributed by atoms with Gasteiger partial charge in [-0.05, 0) is 45.6 Å². The van der Waals surface area contributed by atoms with E-state index in [0.29, 0.717) is 32.2 Å². The molecular formula is C19H34N6O7. The maximum atomic E-state index is 13.0. The number of primary amides is 1. The van der Waals surface area contributed by atoms with Crippen LogP contribution in [0.5, 0.6) is 0 Å². The molecule has 0 aliphatic carbocycles. The molecule has 0 bridgehead atoms. The van der Waals surface area contributed by atoms with Crippen molar-refractivity contribution in [2.45, 2.75) is 75.7 Å². The van der Waals surface area contributed by atoms with Crippen molar-refractivity contribution in [2.75, 3.05) is 13.1 Å². The Bertz CT molecular complexity index is 702. The van der Waals surface area contributed by atoms with Crippen LogP contribution < -0.4 is 27.8 Å². The van der Waals surface area contributed by atoms with E-state index in [0.717, 1.165) is 0 Å². The van der Waals surface area contributed by atoms with Crippen LogP contribution in [0.2, 0.25) is 0 Å². The van der Waals surface area contributed by atoms with Crippen molar-refractivity contribution >= 4 is 29.6 Å². The van der Waals surface area contributed by atoms with E-state index in [2.05, 4.69) is 10.6 Å². The standard InChI is InChI=1S/C19H34N6O7/c1-10(26)15(24-16(28)11(21)9-14(22)27)17(29)23-12(5-2-3-7-20)18(30)25-8-4-6-13(25)19(31)32/h10-13,15,26H,2-9,20-21H2,1H3,(H2,22,27)(H,23,29)(H,24,28)(H,31,32). The van der Waals surface area contributed by atoms with Gasteiger partial charge in [0.25, 0.3) is 0 Å². The van der Waals surface area contributed by atoms with Gasteiger partial charge in [-0.25, -0.2) is 4.79 Å². The van der Waals surface area contributed by atoms with E-state index in [1.54, 1.807) is 0 Å². The maximum absolute atomic E-state index is 13.0. The largest absolute Gasteiger partial charge is 0.480 e. The van der Waals surface area contributed by atoms with Gasteiger partial charge in [0.2, 0.25) is 23.6 Å². The zero-order valence-corrected chi connectivity index (χ0v) is 18.2. The molecule has 1 rings (SSSR count). The number of hydrogen-bond acceptors (Lipinski definition) is 8. The lowest BCUT2D eigenvalue weighted by Gasteiger charge is -2.29. The van der Waals surface area contributed by atoms with Gasteiger partial charge in [0, 0.05) is 6.54 Å². The maximum Gasteiger partial charge on any atom is 0.326 e. The van der Waals surface area contributed by atoms with Gasteiger partial charge in [0.15, 0.2) is 0 Å². The molecule has 13 heteroatoms. The van der Waals surface area contributed by atoms with Gasteiger partial charge >= 0.3 is 5.97 Å². The van der Waals surface area contributed by atoms with Crippen LogP contribution in [0.1, 0.15) is 45.4 Å². The molecule has 0 saturated carbocycles. The highest BCUT2D eigenvalue weighted by atomic mass is 16.4. The van der Waals surface area contributed by atoms with Crippen molar-refractivity contribution in [2.24, 2.45) is 17.2 Å². The highest BCUT2D eigenvalue weighted by Gasteiger charge is 2.38. The topological polar surface area (TPSA) is 231 Å². The number of nitrogens with one attached hydrogen (secondary N) is 2. The van der Waals surface area contributed by atoms with E-state index in [1.165, 1.54) is 11.8 Å². The molecule has 0 radical (unpaired) electrons. The summed E-state index contributed by atoms with van der Waals surface area (Å²) in [7, 11) is 0. The Balaban J connectivity index is 2.95. The number of unbranched alkanes of at least 4 members (excludes halogenated alkanes) is 1. The van der Waals surface area contributed by atoms with Crippen LogP contribution in [0, 0.1) is 0 Å². The highest BCUT2D eigenvalue weighted by molar-refractivity contribution is 5.95. The molecule has 1 heterocycles. The summed E-state index contributed by atoms with van der Waals surface area (Å²) in [4.78, 5) is 61.6. The molecule has 0 spiro atoms. The van der Waals surface area contributed by atoms with Crippen LogP contribution in [0.25, 0.3) is 0 Å². The molecule has 182 valence electrons. The van der Waals surface area contributed by atoms with E-state index >= 15 is 0 Å². The molecule has 1 aliphatic rings. The van der Waals surface area contributed by atoms with Gasteiger partial charge in [0.05, 0.1) is 18.6 Å². The molecule has 1 aliphatic heterocycles. The smallest absolute Gasteiger partial charge is 0.326 e. The summed E-state index contributed by atoms with van der Waals surface area (Å²) in [6, 6.07) is -4.81. The zero-order valence-electron chi connectivity index (χ0n) is 18.2. The number of aliphatic hydroxyl groups is 1. The van der Waals surface area contributed by atoms with E-state index in [1.807, 2.05) is 0 Å². The van der Waals surface area contributed by atoms with E-state index in [9.17, 15) is 34.2 Å². The first-order valence-electron chi connectivity index (χ1n) is 10.6. The molecule has 13 nitrogen and oxygen atoms in total. The van der Waals surface area contributed by atoms with Crippen LogP contribution in [0.15, 0.2) is 0 Å². The van der Waals surface area contributed by atoms with Gasteiger partial charge in [-0.2, -0.15) is 0 Å². The van der Waals surface area contributed by atoms with Crippen molar-refractivity contribution in [3.05, 3.63) is 0 Å². The number of carbonyl (C=O) groups is 5. The third-order valence-electron chi connectivity index (χ3n) is 5.20. The number of nitrogens with two attached hydrogens (primary N) is 3. The van der Waals surface area contributed by atoms with Crippen LogP contribution in [-0.4, -0.2) is 88.1 Å². The van der Waals surface area contributed by atoms with Gasteiger partial charge in [0.1, 0.15) is 18.1 Å². The number of nitrogens with zero attached hydrogens (tertiary/aromatic N) is 1. The van der Waals surface area contributed by atoms with Gasteiger partial charge in [-0.15, -0.1) is 0 Å². The average Bonchev–Trinajstić information content (AvgIpc) is 3.20. The molecule has 0 aromatic carbocycles. The fourth-order valence-corrected chi connectivity index (χ4v) is 3.47. The van der Waals surface area contributed by atoms with Gasteiger partial charge < -0.3 is 42.9 Å². The average molecular weight is 459 g/mol. The SMILES string of the molecule is CC(O)C(NC(=O)C(N)CC(N)=O)C(=O)NC(CCCCN)C(=O)N1CCCC1C(=O)O. The summed E-state index contributed by atoms with van der Waals surface area (Å²) >= 11 is 0. The van der Waals surface area contributed by atoms with Crippen LogP contribution in [0.4, 0.5) is 0 Å². The number of carboxylic acid groups (broad SMARTS) is 1. The van der Waals surface area contributed by atoms with Gasteiger partial charge in [-0.1, -0.05) is 0 Å². The minimum absolute atomic E-state index is 0.201. The number of carboxylic acids is 1. The second kappa shape index (κ2) is 12.9. The third kappa shape index (κ3) is 8.05. The van der Waals surface area contributed by atoms with Crippen LogP contribution in [-0.2, 0) is 24.0 Å². The van der Waals surface area contributed by atoms with Crippen LogP contribution in [0.3, 0.4) is 0 Å². The summed E-state index contributed by atoms with van der Waals surface area (Å²) in [6.45, 7) is 1.88. The fraction of sp³-hybridized carbons (Fsp3) is 0.737. The number of carbonyl (C=O) groups excluding carboxylic acids is 4. The predicted molar refractivity (Wildman–Crippen MR) is 113 cm³/mol. The zero-order chi connectivity index (χ0) is 24.4. The van der Waals surface area contributed by atoms with Crippen molar-refractivity contribution < 1.29 is 34.2 Å². The second-order valence-electron chi connectivity index (χ2n) is 7.88. The summed E-state index contributed by atoms with van der Waals surface area (Å²) in [6.07, 6.45) is 0.315. The normalized spacial score (nSPS) is 19.5. The lowest BCUT2D eigenvalue weighted by Crippen LogP contribution is -2.60. The molecule has 32 heavy (non-hydrogen) atoms. The number of hydrogen-bond donors (Lipinski definition) is 7. The molecule has 4 amide bonds. The Hall–Kier alpha value is -2.77. The second-order valence-corrected chi connectivity index (χ2v) is 7.88. The van der Waals surface area contributed by atoms with Crippen molar-refractivity contribution in [1.29, 1.82) is 0 Å². The van der Waals surface area contributed by atoms with Crippen molar-refractivity contribution in [3.63, 3.8) is 0 Å². The molecule has 5 unspecified atom stereocenters. The Morgan fingerprint density at radius 3 is 2.31 bits per heavy atom. The Morgan fingerprint density at radius 1 is 1.12 bits per heavy atom. The summed E-state index contributed by atoms with van der Waals surface area (Å²) in [5.74, 6) is -4.21. The first-order valence-corrected chi connectivity index (χ1v) is 10.6. The number of aliphatic carboxylic acids is 1. The van der Waals surface area contributed by atoms with E-state index in [4.69, 9.17) is 17.2 Å². The van der Waals surface area contributed by atoms with Crippen LogP contribution >= 0.6 is 0 Å².